The van der Waals surface area contributed by atoms with Gasteiger partial charge in [-0.2, -0.15) is 0 Å². The number of nitrogens with one attached hydrogen (secondary N) is 1. The summed E-state index contributed by atoms with van der Waals surface area (Å²) in [5.41, 5.74) is 2.41. The van der Waals surface area contributed by atoms with E-state index in [9.17, 15) is 0 Å². The van der Waals surface area contributed by atoms with Crippen molar-refractivity contribution in [2.24, 2.45) is 0 Å². The van der Waals surface area contributed by atoms with Gasteiger partial charge in [-0.05, 0) is 63.4 Å². The average Bonchev–Trinajstić information content (AvgIpc) is 2.90. The van der Waals surface area contributed by atoms with Crippen LogP contribution in [-0.2, 0) is 0 Å². The quantitative estimate of drug-likeness (QED) is 0.938. The number of thiophene rings is 1. The van der Waals surface area contributed by atoms with E-state index in [0.29, 0.717) is 18.1 Å². The highest BCUT2D eigenvalue weighted by Crippen LogP contribution is 2.24. The van der Waals surface area contributed by atoms with Crippen LogP contribution in [0, 0.1) is 0 Å². The fraction of sp³-hybridized carbons (Fsp3) is 0.562. The van der Waals surface area contributed by atoms with Crippen LogP contribution in [-0.4, -0.2) is 35.6 Å². The Bertz CT molecular complexity index is 580. The van der Waals surface area contributed by atoms with Gasteiger partial charge < -0.3 is 10.2 Å². The van der Waals surface area contributed by atoms with Gasteiger partial charge in [0.05, 0.1) is 10.2 Å². The molecule has 1 aliphatic heterocycles. The highest BCUT2D eigenvalue weighted by atomic mass is 32.1. The SMILES string of the molecule is CC(NC1CCN(C)C(C)C1)c1cnc2ccsc2c1. The largest absolute Gasteiger partial charge is 0.307 e. The molecule has 1 aliphatic rings. The van der Waals surface area contributed by atoms with Crippen LogP contribution in [0.25, 0.3) is 10.2 Å². The molecule has 2 aromatic heterocycles. The summed E-state index contributed by atoms with van der Waals surface area (Å²) in [7, 11) is 2.22. The number of pyridine rings is 1. The predicted octanol–water partition coefficient (Wildman–Crippen LogP) is 3.43. The Kier molecular flexibility index (Phi) is 4.06. The molecule has 3 rings (SSSR count). The zero-order valence-corrected chi connectivity index (χ0v) is 13.3. The Balaban J connectivity index is 1.67. The number of piperidine rings is 1. The van der Waals surface area contributed by atoms with Gasteiger partial charge in [-0.25, -0.2) is 0 Å². The third-order valence-corrected chi connectivity index (χ3v) is 5.37. The lowest BCUT2D eigenvalue weighted by molar-refractivity contribution is 0.163. The molecule has 3 atom stereocenters. The second kappa shape index (κ2) is 5.80. The standard InChI is InChI=1S/C16H23N3S/c1-11-8-14(4-6-19(11)3)18-12(2)13-9-16-15(17-10-13)5-7-20-16/h5,7,9-12,14,18H,4,6,8H2,1-3H3. The van der Waals surface area contributed by atoms with Crippen molar-refractivity contribution in [1.29, 1.82) is 0 Å². The molecule has 4 heteroatoms. The van der Waals surface area contributed by atoms with Gasteiger partial charge in [0, 0.05) is 24.3 Å². The Morgan fingerprint density at radius 2 is 2.35 bits per heavy atom. The number of aromatic nitrogens is 1. The van der Waals surface area contributed by atoms with Crippen molar-refractivity contribution in [1.82, 2.24) is 15.2 Å². The zero-order chi connectivity index (χ0) is 14.1. The molecular formula is C16H23N3S. The molecule has 1 fully saturated rings. The van der Waals surface area contributed by atoms with Crippen LogP contribution in [0.4, 0.5) is 0 Å². The lowest BCUT2D eigenvalue weighted by Crippen LogP contribution is -2.46. The number of hydrogen-bond acceptors (Lipinski definition) is 4. The Hall–Kier alpha value is -0.970. The maximum atomic E-state index is 4.54. The van der Waals surface area contributed by atoms with Crippen molar-refractivity contribution in [3.63, 3.8) is 0 Å². The molecule has 0 bridgehead atoms. The molecule has 1 N–H and O–H groups in total. The van der Waals surface area contributed by atoms with Crippen LogP contribution < -0.4 is 5.32 Å². The maximum Gasteiger partial charge on any atom is 0.0809 e. The first kappa shape index (κ1) is 14.0. The molecular weight excluding hydrogens is 266 g/mol. The molecule has 0 amide bonds. The second-order valence-corrected chi connectivity index (χ2v) is 6.96. The molecule has 0 radical (unpaired) electrons. The fourth-order valence-electron chi connectivity index (χ4n) is 2.99. The molecule has 0 saturated carbocycles. The second-order valence-electron chi connectivity index (χ2n) is 6.01. The highest BCUT2D eigenvalue weighted by molar-refractivity contribution is 7.17. The lowest BCUT2D eigenvalue weighted by atomic mass is 9.97. The summed E-state index contributed by atoms with van der Waals surface area (Å²) in [6, 6.07) is 6.03. The van der Waals surface area contributed by atoms with Gasteiger partial charge in [0.25, 0.3) is 0 Å². The van der Waals surface area contributed by atoms with E-state index < -0.39 is 0 Å². The zero-order valence-electron chi connectivity index (χ0n) is 12.5. The van der Waals surface area contributed by atoms with Gasteiger partial charge in [0.2, 0.25) is 0 Å². The van der Waals surface area contributed by atoms with Crippen molar-refractivity contribution in [2.75, 3.05) is 13.6 Å². The summed E-state index contributed by atoms with van der Waals surface area (Å²) in [5, 5.41) is 5.89. The van der Waals surface area contributed by atoms with Crippen molar-refractivity contribution >= 4 is 21.6 Å². The summed E-state index contributed by atoms with van der Waals surface area (Å²) in [6.45, 7) is 5.75. The number of likely N-dealkylation sites (tertiary alicyclic amines) is 1. The first-order chi connectivity index (χ1) is 9.63. The van der Waals surface area contributed by atoms with Crippen LogP contribution in [0.3, 0.4) is 0 Å². The molecule has 108 valence electrons. The number of nitrogens with zero attached hydrogens (tertiary/aromatic N) is 2. The number of rotatable bonds is 3. The third-order valence-electron chi connectivity index (χ3n) is 4.52. The van der Waals surface area contributed by atoms with Gasteiger partial charge in [-0.15, -0.1) is 11.3 Å². The maximum absolute atomic E-state index is 4.54. The highest BCUT2D eigenvalue weighted by Gasteiger charge is 2.24. The van der Waals surface area contributed by atoms with Gasteiger partial charge in [-0.1, -0.05) is 0 Å². The van der Waals surface area contributed by atoms with E-state index in [0.717, 1.165) is 5.52 Å². The molecule has 3 heterocycles. The molecule has 0 aromatic carbocycles. The van der Waals surface area contributed by atoms with Crippen molar-refractivity contribution in [2.45, 2.75) is 44.8 Å². The first-order valence-electron chi connectivity index (χ1n) is 7.43. The van der Waals surface area contributed by atoms with E-state index in [1.165, 1.54) is 29.6 Å². The van der Waals surface area contributed by atoms with Crippen LogP contribution in [0.1, 0.15) is 38.3 Å². The Morgan fingerprint density at radius 3 is 3.15 bits per heavy atom. The predicted molar refractivity (Wildman–Crippen MR) is 86.3 cm³/mol. The molecule has 20 heavy (non-hydrogen) atoms. The van der Waals surface area contributed by atoms with Gasteiger partial charge >= 0.3 is 0 Å². The Labute approximate surface area is 125 Å². The van der Waals surface area contributed by atoms with Crippen LogP contribution in [0.15, 0.2) is 23.7 Å². The number of hydrogen-bond donors (Lipinski definition) is 1. The van der Waals surface area contributed by atoms with Gasteiger partial charge in [-0.3, -0.25) is 4.98 Å². The van der Waals surface area contributed by atoms with E-state index >= 15 is 0 Å². The molecule has 0 aliphatic carbocycles. The molecule has 0 spiro atoms. The van der Waals surface area contributed by atoms with E-state index in [2.05, 4.69) is 53.6 Å². The summed E-state index contributed by atoms with van der Waals surface area (Å²) in [6.07, 6.45) is 4.49. The normalized spacial score (nSPS) is 25.9. The number of fused-ring (bicyclic) bond motifs is 1. The molecule has 1 saturated heterocycles. The average molecular weight is 289 g/mol. The minimum absolute atomic E-state index is 0.370. The summed E-state index contributed by atoms with van der Waals surface area (Å²) >= 11 is 1.77. The first-order valence-corrected chi connectivity index (χ1v) is 8.31. The van der Waals surface area contributed by atoms with E-state index in [-0.39, 0.29) is 0 Å². The topological polar surface area (TPSA) is 28.2 Å². The summed E-state index contributed by atoms with van der Waals surface area (Å²) in [4.78, 5) is 6.99. The van der Waals surface area contributed by atoms with Gasteiger partial charge in [0.15, 0.2) is 0 Å². The van der Waals surface area contributed by atoms with E-state index in [1.54, 1.807) is 11.3 Å². The summed E-state index contributed by atoms with van der Waals surface area (Å²) < 4.78 is 1.29. The third kappa shape index (κ3) is 2.87. The lowest BCUT2D eigenvalue weighted by Gasteiger charge is -2.36. The Morgan fingerprint density at radius 1 is 1.50 bits per heavy atom. The van der Waals surface area contributed by atoms with Crippen molar-refractivity contribution < 1.29 is 0 Å². The smallest absolute Gasteiger partial charge is 0.0809 e. The molecule has 3 nitrogen and oxygen atoms in total. The van der Waals surface area contributed by atoms with Gasteiger partial charge in [0.1, 0.15) is 0 Å². The summed E-state index contributed by atoms with van der Waals surface area (Å²) in [5.74, 6) is 0. The molecule has 2 aromatic rings. The van der Waals surface area contributed by atoms with Crippen molar-refractivity contribution in [3.05, 3.63) is 29.3 Å². The molecule has 3 unspecified atom stereocenters. The minimum Gasteiger partial charge on any atom is -0.307 e. The fourth-order valence-corrected chi connectivity index (χ4v) is 3.78. The minimum atomic E-state index is 0.370. The van der Waals surface area contributed by atoms with Crippen molar-refractivity contribution in [3.8, 4) is 0 Å². The van der Waals surface area contributed by atoms with Crippen LogP contribution in [0.5, 0.6) is 0 Å². The monoisotopic (exact) mass is 289 g/mol. The van der Waals surface area contributed by atoms with E-state index in [1.807, 2.05) is 6.20 Å². The van der Waals surface area contributed by atoms with Crippen LogP contribution in [0.2, 0.25) is 0 Å². The van der Waals surface area contributed by atoms with E-state index in [4.69, 9.17) is 0 Å². The van der Waals surface area contributed by atoms with Crippen LogP contribution >= 0.6 is 11.3 Å².